The molecule has 0 aliphatic heterocycles. The second kappa shape index (κ2) is 7.05. The molecule has 0 saturated heterocycles. The molecule has 4 unspecified atom stereocenters. The van der Waals surface area contributed by atoms with E-state index in [-0.39, 0.29) is 11.6 Å². The summed E-state index contributed by atoms with van der Waals surface area (Å²) >= 11 is 0. The first kappa shape index (κ1) is 17.0. The van der Waals surface area contributed by atoms with Crippen LogP contribution in [0.3, 0.4) is 0 Å². The van der Waals surface area contributed by atoms with Crippen LogP contribution < -0.4 is 0 Å². The van der Waals surface area contributed by atoms with Gasteiger partial charge in [-0.1, -0.05) is 38.3 Å². The molecule has 0 nitrogen and oxygen atoms in total. The molecule has 2 aliphatic rings. The van der Waals surface area contributed by atoms with Crippen molar-refractivity contribution in [2.24, 2.45) is 17.8 Å². The summed E-state index contributed by atoms with van der Waals surface area (Å²) in [6.45, 7) is 2.29. The molecule has 0 heterocycles. The third-order valence-corrected chi connectivity index (χ3v) is 6.78. The minimum atomic E-state index is -0.372. The van der Waals surface area contributed by atoms with Crippen LogP contribution in [0.4, 0.5) is 8.78 Å². The van der Waals surface area contributed by atoms with E-state index in [0.29, 0.717) is 11.3 Å². The molecule has 0 aromatic heterocycles. The van der Waals surface area contributed by atoms with Crippen molar-refractivity contribution in [2.45, 2.75) is 64.2 Å². The van der Waals surface area contributed by atoms with Gasteiger partial charge in [-0.3, -0.25) is 0 Å². The van der Waals surface area contributed by atoms with Gasteiger partial charge in [-0.05, 0) is 84.9 Å². The van der Waals surface area contributed by atoms with Gasteiger partial charge in [0.2, 0.25) is 0 Å². The zero-order chi connectivity index (χ0) is 17.4. The molecule has 0 spiro atoms. The Morgan fingerprint density at radius 1 is 0.920 bits per heavy atom. The van der Waals surface area contributed by atoms with Crippen molar-refractivity contribution in [2.75, 3.05) is 0 Å². The molecular formula is C23H28F2. The van der Waals surface area contributed by atoms with Crippen molar-refractivity contribution in [3.63, 3.8) is 0 Å². The van der Waals surface area contributed by atoms with Gasteiger partial charge in [-0.25, -0.2) is 8.78 Å². The Morgan fingerprint density at radius 2 is 1.72 bits per heavy atom. The molecule has 2 aromatic carbocycles. The highest BCUT2D eigenvalue weighted by Crippen LogP contribution is 2.48. The highest BCUT2D eigenvalue weighted by atomic mass is 19.1. The lowest BCUT2D eigenvalue weighted by atomic mass is 9.63. The maximum atomic E-state index is 14.5. The number of hydrogen-bond donors (Lipinski definition) is 0. The Hall–Kier alpha value is -1.44. The Kier molecular flexibility index (Phi) is 4.80. The maximum absolute atomic E-state index is 14.5. The normalized spacial score (nSPS) is 29.6. The van der Waals surface area contributed by atoms with E-state index >= 15 is 0 Å². The van der Waals surface area contributed by atoms with Crippen LogP contribution in [0.25, 0.3) is 10.8 Å². The van der Waals surface area contributed by atoms with Crippen molar-refractivity contribution < 1.29 is 8.78 Å². The first-order chi connectivity index (χ1) is 12.1. The fraction of sp³-hybridized carbons (Fsp3) is 0.565. The second-order valence-corrected chi connectivity index (χ2v) is 8.37. The van der Waals surface area contributed by atoms with E-state index in [2.05, 4.69) is 13.0 Å². The lowest BCUT2D eigenvalue weighted by molar-refractivity contribution is 0.114. The molecule has 2 saturated carbocycles. The van der Waals surface area contributed by atoms with Gasteiger partial charge < -0.3 is 0 Å². The van der Waals surface area contributed by atoms with E-state index in [9.17, 15) is 8.78 Å². The molecule has 0 N–H and O–H groups in total. The van der Waals surface area contributed by atoms with E-state index in [1.165, 1.54) is 63.5 Å². The van der Waals surface area contributed by atoms with Crippen molar-refractivity contribution in [1.82, 2.24) is 0 Å². The highest BCUT2D eigenvalue weighted by molar-refractivity contribution is 5.84. The highest BCUT2D eigenvalue weighted by Gasteiger charge is 2.35. The van der Waals surface area contributed by atoms with Crippen LogP contribution in [-0.2, 0) is 0 Å². The van der Waals surface area contributed by atoms with Gasteiger partial charge in [-0.15, -0.1) is 0 Å². The van der Waals surface area contributed by atoms with Gasteiger partial charge in [0.25, 0.3) is 0 Å². The topological polar surface area (TPSA) is 0 Å². The molecule has 0 bridgehead atoms. The fourth-order valence-corrected chi connectivity index (χ4v) is 5.50. The van der Waals surface area contributed by atoms with Gasteiger partial charge in [0.1, 0.15) is 11.6 Å². The SMILES string of the molecule is CCCC1CCC2CC(c3cc(F)c4cc(F)ccc4c3)CCC2C1. The molecule has 2 aliphatic carbocycles. The maximum Gasteiger partial charge on any atom is 0.131 e. The van der Waals surface area contributed by atoms with E-state index < -0.39 is 0 Å². The van der Waals surface area contributed by atoms with Gasteiger partial charge in [-0.2, -0.15) is 0 Å². The Bertz CT molecular complexity index is 751. The minimum absolute atomic E-state index is 0.277. The molecule has 2 aromatic rings. The Morgan fingerprint density at radius 3 is 2.56 bits per heavy atom. The standard InChI is InChI=1S/C23H28F2/c1-2-3-15-4-5-17-11-18(7-6-16(17)10-15)20-12-19-8-9-21(24)14-22(19)23(25)13-20/h8-9,12-18H,2-7,10-11H2,1H3. The summed E-state index contributed by atoms with van der Waals surface area (Å²) < 4.78 is 27.9. The summed E-state index contributed by atoms with van der Waals surface area (Å²) in [5.41, 5.74) is 1.12. The summed E-state index contributed by atoms with van der Waals surface area (Å²) in [6.07, 6.45) is 10.5. The van der Waals surface area contributed by atoms with Gasteiger partial charge in [0.05, 0.1) is 0 Å². The number of halogens is 2. The summed E-state index contributed by atoms with van der Waals surface area (Å²) in [4.78, 5) is 0. The molecule has 134 valence electrons. The second-order valence-electron chi connectivity index (χ2n) is 8.37. The lowest BCUT2D eigenvalue weighted by Gasteiger charge is -2.42. The van der Waals surface area contributed by atoms with Crippen molar-refractivity contribution in [1.29, 1.82) is 0 Å². The Labute approximate surface area is 149 Å². The monoisotopic (exact) mass is 342 g/mol. The molecule has 2 heteroatoms. The summed E-state index contributed by atoms with van der Waals surface area (Å²) in [6, 6.07) is 8.19. The average molecular weight is 342 g/mol. The van der Waals surface area contributed by atoms with E-state index in [1.807, 2.05) is 0 Å². The number of benzene rings is 2. The third-order valence-electron chi connectivity index (χ3n) is 6.78. The average Bonchev–Trinajstić information content (AvgIpc) is 2.62. The van der Waals surface area contributed by atoms with E-state index in [1.54, 1.807) is 12.1 Å². The molecule has 0 amide bonds. The third kappa shape index (κ3) is 3.45. The summed E-state index contributed by atoms with van der Waals surface area (Å²) in [5.74, 6) is 2.47. The number of fused-ring (bicyclic) bond motifs is 2. The van der Waals surface area contributed by atoms with Gasteiger partial charge >= 0.3 is 0 Å². The molecule has 0 radical (unpaired) electrons. The molecule has 2 fully saturated rings. The molecule has 4 atom stereocenters. The molecular weight excluding hydrogens is 314 g/mol. The zero-order valence-corrected chi connectivity index (χ0v) is 15.1. The van der Waals surface area contributed by atoms with Crippen molar-refractivity contribution >= 4 is 10.8 Å². The number of hydrogen-bond acceptors (Lipinski definition) is 0. The molecule has 4 rings (SSSR count). The lowest BCUT2D eigenvalue weighted by Crippen LogP contribution is -2.30. The van der Waals surface area contributed by atoms with Crippen LogP contribution in [0.1, 0.15) is 69.8 Å². The smallest absolute Gasteiger partial charge is 0.131 e. The van der Waals surface area contributed by atoms with E-state index in [4.69, 9.17) is 0 Å². The van der Waals surface area contributed by atoms with Gasteiger partial charge in [0, 0.05) is 5.39 Å². The first-order valence-electron chi connectivity index (χ1n) is 10.0. The summed E-state index contributed by atoms with van der Waals surface area (Å²) in [5, 5.41) is 1.22. The van der Waals surface area contributed by atoms with Gasteiger partial charge in [0.15, 0.2) is 0 Å². The largest absolute Gasteiger partial charge is 0.207 e. The molecule has 25 heavy (non-hydrogen) atoms. The summed E-state index contributed by atoms with van der Waals surface area (Å²) in [7, 11) is 0. The van der Waals surface area contributed by atoms with Crippen LogP contribution in [0.15, 0.2) is 30.3 Å². The zero-order valence-electron chi connectivity index (χ0n) is 15.1. The van der Waals surface area contributed by atoms with Crippen molar-refractivity contribution in [3.05, 3.63) is 47.5 Å². The first-order valence-corrected chi connectivity index (χ1v) is 10.0. The van der Waals surface area contributed by atoms with Crippen LogP contribution in [0.5, 0.6) is 0 Å². The predicted octanol–water partition coefficient (Wildman–Crippen LogP) is 7.22. The quantitative estimate of drug-likeness (QED) is 0.552. The minimum Gasteiger partial charge on any atom is -0.207 e. The van der Waals surface area contributed by atoms with Crippen molar-refractivity contribution in [3.8, 4) is 0 Å². The van der Waals surface area contributed by atoms with Crippen LogP contribution in [-0.4, -0.2) is 0 Å². The Balaban J connectivity index is 1.52. The fourth-order valence-electron chi connectivity index (χ4n) is 5.50. The van der Waals surface area contributed by atoms with Crippen LogP contribution in [0, 0.1) is 29.4 Å². The van der Waals surface area contributed by atoms with Crippen LogP contribution >= 0.6 is 0 Å². The van der Waals surface area contributed by atoms with E-state index in [0.717, 1.165) is 28.7 Å². The number of rotatable bonds is 3. The van der Waals surface area contributed by atoms with Crippen LogP contribution in [0.2, 0.25) is 0 Å². The predicted molar refractivity (Wildman–Crippen MR) is 99.7 cm³/mol.